The summed E-state index contributed by atoms with van der Waals surface area (Å²) in [5, 5.41) is 5.10. The van der Waals surface area contributed by atoms with Crippen molar-refractivity contribution in [2.24, 2.45) is 0 Å². The number of fused-ring (bicyclic) bond motifs is 16. The van der Waals surface area contributed by atoms with Gasteiger partial charge in [0.1, 0.15) is 0 Å². The molecule has 0 bridgehead atoms. The van der Waals surface area contributed by atoms with Crippen LogP contribution in [0.25, 0.3) is 66.1 Å². The van der Waals surface area contributed by atoms with Crippen molar-refractivity contribution in [3.63, 3.8) is 0 Å². The van der Waals surface area contributed by atoms with E-state index in [1.807, 2.05) is 0 Å². The maximum absolute atomic E-state index is 2.47. The Bertz CT molecular complexity index is 3410. The topological polar surface area (TPSA) is 3.24 Å². The molecule has 0 fully saturated rings. The van der Waals surface area contributed by atoms with Crippen LogP contribution < -0.4 is 4.90 Å². The van der Waals surface area contributed by atoms with Crippen LogP contribution >= 0.6 is 0 Å². The molecule has 0 aliphatic heterocycles. The van der Waals surface area contributed by atoms with Crippen molar-refractivity contribution in [3.05, 3.63) is 246 Å². The molecule has 0 aromatic heterocycles. The number of hydrogen-bond acceptors (Lipinski definition) is 1. The smallest absolute Gasteiger partial charge is 0.0725 e. The van der Waals surface area contributed by atoms with E-state index >= 15 is 0 Å². The maximum Gasteiger partial charge on any atom is 0.0725 e. The summed E-state index contributed by atoms with van der Waals surface area (Å²) in [4.78, 5) is 2.47. The van der Waals surface area contributed by atoms with Crippen LogP contribution in [-0.2, 0) is 10.8 Å². The SMILES string of the molecule is CC1(C)c2ccccc2-c2ccc(N(c3ccc(-c4ccc5ccc6ccccc6c5c4)cc3)c3ccc4c(c3)-c3ccccc3C43c4ccccc4-c4ccccc43)cc21. The molecule has 61 heavy (non-hydrogen) atoms. The van der Waals surface area contributed by atoms with Gasteiger partial charge in [-0.15, -0.1) is 0 Å². The monoisotopic (exact) mass is 775 g/mol. The molecule has 286 valence electrons. The molecule has 10 aromatic rings. The van der Waals surface area contributed by atoms with Crippen molar-refractivity contribution in [3.8, 4) is 44.5 Å². The van der Waals surface area contributed by atoms with Crippen molar-refractivity contribution in [1.29, 1.82) is 0 Å². The summed E-state index contributed by atoms with van der Waals surface area (Å²) in [6.45, 7) is 4.74. The predicted octanol–water partition coefficient (Wildman–Crippen LogP) is 15.8. The second kappa shape index (κ2) is 12.5. The Balaban J connectivity index is 0.997. The molecule has 13 rings (SSSR count). The van der Waals surface area contributed by atoms with Crippen LogP contribution in [0, 0.1) is 0 Å². The minimum absolute atomic E-state index is 0.121. The molecule has 0 radical (unpaired) electrons. The highest BCUT2D eigenvalue weighted by molar-refractivity contribution is 6.09. The minimum atomic E-state index is -0.376. The fourth-order valence-corrected chi connectivity index (χ4v) is 11.5. The summed E-state index contributed by atoms with van der Waals surface area (Å²) >= 11 is 0. The summed E-state index contributed by atoms with van der Waals surface area (Å²) in [7, 11) is 0. The van der Waals surface area contributed by atoms with Gasteiger partial charge in [-0.05, 0) is 142 Å². The Hall–Kier alpha value is -7.48. The lowest BCUT2D eigenvalue weighted by Crippen LogP contribution is -2.25. The van der Waals surface area contributed by atoms with Crippen LogP contribution in [0.5, 0.6) is 0 Å². The number of rotatable bonds is 4. The van der Waals surface area contributed by atoms with E-state index in [-0.39, 0.29) is 10.8 Å². The van der Waals surface area contributed by atoms with Gasteiger partial charge in [0.2, 0.25) is 0 Å². The molecule has 0 unspecified atom stereocenters. The molecule has 1 spiro atoms. The van der Waals surface area contributed by atoms with Gasteiger partial charge < -0.3 is 4.90 Å². The van der Waals surface area contributed by atoms with E-state index in [2.05, 4.69) is 231 Å². The van der Waals surface area contributed by atoms with E-state index in [1.54, 1.807) is 0 Å². The van der Waals surface area contributed by atoms with Crippen molar-refractivity contribution < 1.29 is 0 Å². The Morgan fingerprint density at radius 2 is 0.754 bits per heavy atom. The van der Waals surface area contributed by atoms with Crippen molar-refractivity contribution in [2.45, 2.75) is 24.7 Å². The zero-order valence-electron chi connectivity index (χ0n) is 34.2. The van der Waals surface area contributed by atoms with Gasteiger partial charge in [-0.25, -0.2) is 0 Å². The quantitative estimate of drug-likeness (QED) is 0.161. The Morgan fingerprint density at radius 1 is 0.295 bits per heavy atom. The molecule has 10 aromatic carbocycles. The lowest BCUT2D eigenvalue weighted by Gasteiger charge is -2.31. The Kier molecular flexibility index (Phi) is 7.06. The van der Waals surface area contributed by atoms with Gasteiger partial charge in [0.05, 0.1) is 5.41 Å². The molecule has 3 aliphatic carbocycles. The maximum atomic E-state index is 2.47. The van der Waals surface area contributed by atoms with Crippen molar-refractivity contribution in [1.82, 2.24) is 0 Å². The number of benzene rings is 10. The molecular formula is C60H41N. The van der Waals surface area contributed by atoms with Crippen molar-refractivity contribution in [2.75, 3.05) is 4.90 Å². The first kappa shape index (κ1) is 34.4. The van der Waals surface area contributed by atoms with E-state index in [0.29, 0.717) is 0 Å². The molecule has 0 heterocycles. The van der Waals surface area contributed by atoms with Crippen LogP contribution in [0.15, 0.2) is 212 Å². The molecular weight excluding hydrogens is 735 g/mol. The summed E-state index contributed by atoms with van der Waals surface area (Å²) in [6.07, 6.45) is 0. The number of anilines is 3. The third kappa shape index (κ3) is 4.66. The van der Waals surface area contributed by atoms with Crippen LogP contribution in [0.1, 0.15) is 47.2 Å². The molecule has 0 amide bonds. The summed E-state index contributed by atoms with van der Waals surface area (Å²) in [5.74, 6) is 0. The van der Waals surface area contributed by atoms with Gasteiger partial charge in [0.15, 0.2) is 0 Å². The van der Waals surface area contributed by atoms with Crippen LogP contribution in [-0.4, -0.2) is 0 Å². The average molecular weight is 776 g/mol. The third-order valence-corrected chi connectivity index (χ3v) is 14.3. The summed E-state index contributed by atoms with van der Waals surface area (Å²) in [6, 6.07) is 79.7. The zero-order valence-corrected chi connectivity index (χ0v) is 34.2. The van der Waals surface area contributed by atoms with Gasteiger partial charge >= 0.3 is 0 Å². The second-order valence-electron chi connectivity index (χ2n) is 17.6. The Labute approximate surface area is 356 Å². The molecule has 0 N–H and O–H groups in total. The van der Waals surface area contributed by atoms with E-state index in [4.69, 9.17) is 0 Å². The molecule has 0 saturated heterocycles. The highest BCUT2D eigenvalue weighted by Gasteiger charge is 2.51. The number of hydrogen-bond donors (Lipinski definition) is 0. The van der Waals surface area contributed by atoms with Gasteiger partial charge in [-0.1, -0.05) is 184 Å². The van der Waals surface area contributed by atoms with Gasteiger partial charge in [-0.3, -0.25) is 0 Å². The van der Waals surface area contributed by atoms with Gasteiger partial charge in [0.25, 0.3) is 0 Å². The van der Waals surface area contributed by atoms with Crippen LogP contribution in [0.2, 0.25) is 0 Å². The van der Waals surface area contributed by atoms with E-state index in [9.17, 15) is 0 Å². The van der Waals surface area contributed by atoms with Gasteiger partial charge in [0, 0.05) is 22.5 Å². The summed E-state index contributed by atoms with van der Waals surface area (Å²) < 4.78 is 0. The first-order valence-electron chi connectivity index (χ1n) is 21.5. The lowest BCUT2D eigenvalue weighted by molar-refractivity contribution is 0.660. The molecule has 0 atom stereocenters. The number of nitrogens with zero attached hydrogens (tertiary/aromatic N) is 1. The average Bonchev–Trinajstić information content (AvgIpc) is 3.87. The molecule has 1 heteroatoms. The Morgan fingerprint density at radius 3 is 1.44 bits per heavy atom. The predicted molar refractivity (Wildman–Crippen MR) is 255 cm³/mol. The molecule has 1 nitrogen and oxygen atoms in total. The van der Waals surface area contributed by atoms with E-state index in [1.165, 1.54) is 99.4 Å². The second-order valence-corrected chi connectivity index (χ2v) is 17.6. The zero-order chi connectivity index (χ0) is 40.5. The minimum Gasteiger partial charge on any atom is -0.310 e. The normalized spacial score (nSPS) is 14.3. The molecule has 0 saturated carbocycles. The summed E-state index contributed by atoms with van der Waals surface area (Å²) in [5.41, 5.74) is 21.4. The lowest BCUT2D eigenvalue weighted by atomic mass is 9.70. The van der Waals surface area contributed by atoms with Crippen LogP contribution in [0.3, 0.4) is 0 Å². The molecule has 3 aliphatic rings. The standard InChI is InChI=1S/C60H41N/c1-59(2)53-19-9-5-15-46(53)50-33-31-44(37-58(50)59)61(42-29-27-38(28-30-42)41-26-25-40-24-23-39-13-3-4-14-45(39)51(40)35-41)43-32-34-57-52(36-43)49-18-8-12-22-56(49)60(57)54-20-10-6-16-47(54)48-17-7-11-21-55(48)60/h3-37H,1-2H3. The van der Waals surface area contributed by atoms with Gasteiger partial charge in [-0.2, -0.15) is 0 Å². The highest BCUT2D eigenvalue weighted by atomic mass is 15.1. The van der Waals surface area contributed by atoms with E-state index < -0.39 is 0 Å². The van der Waals surface area contributed by atoms with E-state index in [0.717, 1.165) is 17.1 Å². The largest absolute Gasteiger partial charge is 0.310 e. The fourth-order valence-electron chi connectivity index (χ4n) is 11.5. The first-order valence-corrected chi connectivity index (χ1v) is 21.5. The third-order valence-electron chi connectivity index (χ3n) is 14.3. The van der Waals surface area contributed by atoms with Crippen molar-refractivity contribution >= 4 is 38.6 Å². The highest BCUT2D eigenvalue weighted by Crippen LogP contribution is 2.63. The first-order chi connectivity index (χ1) is 30.0. The fraction of sp³-hybridized carbons (Fsp3) is 0.0667. The van der Waals surface area contributed by atoms with Crippen LogP contribution in [0.4, 0.5) is 17.1 Å².